The summed E-state index contributed by atoms with van der Waals surface area (Å²) in [6, 6.07) is 25.5. The van der Waals surface area contributed by atoms with Crippen LogP contribution in [0.15, 0.2) is 104 Å². The van der Waals surface area contributed by atoms with Gasteiger partial charge >= 0.3 is 0 Å². The number of benzene rings is 3. The summed E-state index contributed by atoms with van der Waals surface area (Å²) in [4.78, 5) is 0. The molecule has 0 saturated heterocycles. The number of hydrogen-bond donors (Lipinski definition) is 1. The predicted molar refractivity (Wildman–Crippen MR) is 122 cm³/mol. The second kappa shape index (κ2) is 7.01. The first-order valence-electron chi connectivity index (χ1n) is 9.62. The SMILES string of the molecule is C=CC1=C(C=C)C(C)(C)c2c(Nc3ccc(-c4ccccc4)cc3)cccc21. The van der Waals surface area contributed by atoms with Gasteiger partial charge in [-0.3, -0.25) is 0 Å². The Kier molecular flexibility index (Phi) is 4.52. The number of hydrogen-bond acceptors (Lipinski definition) is 1. The number of rotatable bonds is 5. The van der Waals surface area contributed by atoms with Gasteiger partial charge in [-0.1, -0.05) is 93.8 Å². The summed E-state index contributed by atoms with van der Waals surface area (Å²) in [6.45, 7) is 12.6. The van der Waals surface area contributed by atoms with E-state index in [-0.39, 0.29) is 5.41 Å². The van der Waals surface area contributed by atoms with Crippen LogP contribution in [-0.2, 0) is 5.41 Å². The maximum Gasteiger partial charge on any atom is 0.0431 e. The molecule has 0 radical (unpaired) electrons. The number of nitrogens with one attached hydrogen (secondary N) is 1. The van der Waals surface area contributed by atoms with Crippen LogP contribution >= 0.6 is 0 Å². The van der Waals surface area contributed by atoms with E-state index in [1.54, 1.807) is 0 Å². The summed E-state index contributed by atoms with van der Waals surface area (Å²) in [5.74, 6) is 0. The van der Waals surface area contributed by atoms with Gasteiger partial charge in [0.1, 0.15) is 0 Å². The van der Waals surface area contributed by atoms with E-state index < -0.39 is 0 Å². The molecule has 1 heteroatoms. The Morgan fingerprint density at radius 1 is 0.750 bits per heavy atom. The maximum atomic E-state index is 4.05. The van der Waals surface area contributed by atoms with Crippen LogP contribution in [0.25, 0.3) is 16.7 Å². The smallest absolute Gasteiger partial charge is 0.0431 e. The number of anilines is 2. The van der Waals surface area contributed by atoms with Crippen LogP contribution in [0.1, 0.15) is 25.0 Å². The first-order chi connectivity index (χ1) is 13.6. The highest BCUT2D eigenvalue weighted by Gasteiger charge is 2.37. The van der Waals surface area contributed by atoms with Gasteiger partial charge < -0.3 is 5.32 Å². The van der Waals surface area contributed by atoms with E-state index >= 15 is 0 Å². The van der Waals surface area contributed by atoms with Gasteiger partial charge in [0.2, 0.25) is 0 Å². The Morgan fingerprint density at radius 3 is 2.07 bits per heavy atom. The van der Waals surface area contributed by atoms with Gasteiger partial charge in [0.25, 0.3) is 0 Å². The molecule has 0 atom stereocenters. The monoisotopic (exact) mass is 363 g/mol. The van der Waals surface area contributed by atoms with Crippen LogP contribution in [0.3, 0.4) is 0 Å². The zero-order valence-electron chi connectivity index (χ0n) is 16.5. The lowest BCUT2D eigenvalue weighted by Gasteiger charge is -2.26. The highest BCUT2D eigenvalue weighted by molar-refractivity contribution is 5.91. The van der Waals surface area contributed by atoms with E-state index in [4.69, 9.17) is 0 Å². The van der Waals surface area contributed by atoms with Crippen molar-refractivity contribution in [3.8, 4) is 11.1 Å². The molecule has 1 aliphatic carbocycles. The molecule has 3 aromatic carbocycles. The highest BCUT2D eigenvalue weighted by Crippen LogP contribution is 2.50. The van der Waals surface area contributed by atoms with Crippen molar-refractivity contribution in [2.75, 3.05) is 5.32 Å². The first-order valence-corrected chi connectivity index (χ1v) is 9.62. The molecule has 0 spiro atoms. The van der Waals surface area contributed by atoms with Crippen LogP contribution in [0, 0.1) is 0 Å². The minimum Gasteiger partial charge on any atom is -0.355 e. The minimum absolute atomic E-state index is 0.117. The fourth-order valence-electron chi connectivity index (χ4n) is 4.29. The third-order valence-electron chi connectivity index (χ3n) is 5.62. The van der Waals surface area contributed by atoms with Crippen molar-refractivity contribution in [3.63, 3.8) is 0 Å². The van der Waals surface area contributed by atoms with Gasteiger partial charge in [0, 0.05) is 16.8 Å². The molecule has 0 unspecified atom stereocenters. The Bertz CT molecular complexity index is 1070. The summed E-state index contributed by atoms with van der Waals surface area (Å²) >= 11 is 0. The number of fused-ring (bicyclic) bond motifs is 1. The zero-order valence-corrected chi connectivity index (χ0v) is 16.5. The Hall–Kier alpha value is -3.32. The summed E-state index contributed by atoms with van der Waals surface area (Å²) in [5.41, 5.74) is 9.48. The molecule has 28 heavy (non-hydrogen) atoms. The summed E-state index contributed by atoms with van der Waals surface area (Å²) in [7, 11) is 0. The fraction of sp³-hybridized carbons (Fsp3) is 0.111. The normalized spacial score (nSPS) is 14.5. The lowest BCUT2D eigenvalue weighted by atomic mass is 9.80. The molecular formula is C27H25N. The lowest BCUT2D eigenvalue weighted by Crippen LogP contribution is -2.18. The van der Waals surface area contributed by atoms with Gasteiger partial charge in [-0.2, -0.15) is 0 Å². The van der Waals surface area contributed by atoms with Crippen LogP contribution in [0.2, 0.25) is 0 Å². The van der Waals surface area contributed by atoms with Gasteiger partial charge in [-0.05, 0) is 51.6 Å². The van der Waals surface area contributed by atoms with E-state index in [1.165, 1.54) is 33.4 Å². The third kappa shape index (κ3) is 2.90. The standard InChI is InChI=1S/C27H25N/c1-5-22-23-13-10-14-25(26(23)27(3,4)24(22)6-2)28-21-17-15-20(16-18-21)19-11-8-7-9-12-19/h5-18,28H,1-2H2,3-4H3. The topological polar surface area (TPSA) is 12.0 Å². The molecule has 0 amide bonds. The lowest BCUT2D eigenvalue weighted by molar-refractivity contribution is 0.656. The van der Waals surface area contributed by atoms with Crippen LogP contribution in [0.5, 0.6) is 0 Å². The van der Waals surface area contributed by atoms with Crippen LogP contribution in [0.4, 0.5) is 11.4 Å². The molecule has 1 N–H and O–H groups in total. The second-order valence-corrected chi connectivity index (χ2v) is 7.66. The van der Waals surface area contributed by atoms with E-state index in [0.717, 1.165) is 11.4 Å². The third-order valence-corrected chi connectivity index (χ3v) is 5.62. The van der Waals surface area contributed by atoms with Gasteiger partial charge in [-0.25, -0.2) is 0 Å². The molecule has 1 aliphatic rings. The van der Waals surface area contributed by atoms with E-state index in [2.05, 4.69) is 99.1 Å². The summed E-state index contributed by atoms with van der Waals surface area (Å²) in [6.07, 6.45) is 3.92. The molecule has 138 valence electrons. The Balaban J connectivity index is 1.70. The van der Waals surface area contributed by atoms with Crippen LogP contribution < -0.4 is 5.32 Å². The van der Waals surface area contributed by atoms with Crippen molar-refractivity contribution >= 4 is 16.9 Å². The molecule has 1 nitrogen and oxygen atoms in total. The predicted octanol–water partition coefficient (Wildman–Crippen LogP) is 7.51. The highest BCUT2D eigenvalue weighted by atomic mass is 14.9. The molecule has 0 heterocycles. The molecule has 3 aromatic rings. The van der Waals surface area contributed by atoms with Crippen LogP contribution in [-0.4, -0.2) is 0 Å². The van der Waals surface area contributed by atoms with Crippen molar-refractivity contribution in [1.29, 1.82) is 0 Å². The van der Waals surface area contributed by atoms with E-state index in [0.29, 0.717) is 0 Å². The van der Waals surface area contributed by atoms with Crippen molar-refractivity contribution in [1.82, 2.24) is 0 Å². The Labute approximate surface area is 167 Å². The first kappa shape index (κ1) is 18.1. The van der Waals surface area contributed by atoms with Crippen molar-refractivity contribution in [2.45, 2.75) is 19.3 Å². The van der Waals surface area contributed by atoms with Gasteiger partial charge in [0.05, 0.1) is 0 Å². The summed E-state index contributed by atoms with van der Waals surface area (Å²) in [5, 5.41) is 3.63. The van der Waals surface area contributed by atoms with Crippen molar-refractivity contribution in [3.05, 3.63) is 115 Å². The fourth-order valence-corrected chi connectivity index (χ4v) is 4.29. The molecule has 0 fully saturated rings. The van der Waals surface area contributed by atoms with E-state index in [9.17, 15) is 0 Å². The van der Waals surface area contributed by atoms with Crippen molar-refractivity contribution in [2.24, 2.45) is 0 Å². The average Bonchev–Trinajstić information content (AvgIpc) is 2.95. The largest absolute Gasteiger partial charge is 0.355 e. The average molecular weight is 364 g/mol. The quantitative estimate of drug-likeness (QED) is 0.494. The molecule has 0 aliphatic heterocycles. The molecule has 0 bridgehead atoms. The second-order valence-electron chi connectivity index (χ2n) is 7.66. The van der Waals surface area contributed by atoms with Crippen molar-refractivity contribution < 1.29 is 0 Å². The van der Waals surface area contributed by atoms with E-state index in [1.807, 2.05) is 18.2 Å². The molecular weight excluding hydrogens is 338 g/mol. The number of allylic oxidation sites excluding steroid dienone is 4. The van der Waals surface area contributed by atoms with Gasteiger partial charge in [-0.15, -0.1) is 0 Å². The Morgan fingerprint density at radius 2 is 1.43 bits per heavy atom. The minimum atomic E-state index is -0.117. The molecule has 0 saturated carbocycles. The van der Waals surface area contributed by atoms with Gasteiger partial charge in [0.15, 0.2) is 0 Å². The maximum absolute atomic E-state index is 4.05. The molecule has 0 aromatic heterocycles. The zero-order chi connectivity index (χ0) is 19.7. The molecule has 4 rings (SSSR count). The summed E-state index contributed by atoms with van der Waals surface area (Å²) < 4.78 is 0.